The summed E-state index contributed by atoms with van der Waals surface area (Å²) in [7, 11) is 0. The summed E-state index contributed by atoms with van der Waals surface area (Å²) in [5.41, 5.74) is 2.16. The molecule has 1 fully saturated rings. The Kier molecular flexibility index (Phi) is 5.24. The zero-order valence-electron chi connectivity index (χ0n) is 17.3. The SMILES string of the molecule is O=C(NCCc1ccncc1)c1ccc2n(c1=O)C[C@H]1C[C@@H]2CN(c2ccccn2)C1. The molecule has 3 aromatic rings. The molecule has 7 nitrogen and oxygen atoms in total. The lowest BCUT2D eigenvalue weighted by atomic mass is 9.83. The highest BCUT2D eigenvalue weighted by molar-refractivity contribution is 5.93. The molecule has 158 valence electrons. The number of piperidine rings is 1. The van der Waals surface area contributed by atoms with Gasteiger partial charge in [0.1, 0.15) is 11.4 Å². The summed E-state index contributed by atoms with van der Waals surface area (Å²) in [6, 6.07) is 13.5. The summed E-state index contributed by atoms with van der Waals surface area (Å²) in [5.74, 6) is 1.32. The Morgan fingerprint density at radius 1 is 1.03 bits per heavy atom. The van der Waals surface area contributed by atoms with Gasteiger partial charge in [-0.1, -0.05) is 6.07 Å². The minimum Gasteiger partial charge on any atom is -0.356 e. The Bertz CT molecular complexity index is 1130. The number of fused-ring (bicyclic) bond motifs is 4. The summed E-state index contributed by atoms with van der Waals surface area (Å²) in [6.07, 6.45) is 7.06. The van der Waals surface area contributed by atoms with Crippen LogP contribution < -0.4 is 15.8 Å². The molecule has 1 amide bonds. The lowest BCUT2D eigenvalue weighted by Crippen LogP contribution is -2.48. The average Bonchev–Trinajstić information content (AvgIpc) is 2.81. The molecule has 7 heteroatoms. The number of amides is 1. The number of nitrogens with one attached hydrogen (secondary N) is 1. The summed E-state index contributed by atoms with van der Waals surface area (Å²) < 4.78 is 1.83. The average molecular weight is 415 g/mol. The topological polar surface area (TPSA) is 80.1 Å². The third-order valence-electron chi connectivity index (χ3n) is 6.27. The Balaban J connectivity index is 1.31. The Hall–Kier alpha value is -3.48. The van der Waals surface area contributed by atoms with Gasteiger partial charge in [0.05, 0.1) is 0 Å². The minimum atomic E-state index is -0.305. The number of nitrogens with zero attached hydrogens (tertiary/aromatic N) is 4. The Labute approximate surface area is 180 Å². The smallest absolute Gasteiger partial charge is 0.263 e. The van der Waals surface area contributed by atoms with Crippen LogP contribution in [0.5, 0.6) is 0 Å². The number of aromatic nitrogens is 3. The van der Waals surface area contributed by atoms with Gasteiger partial charge >= 0.3 is 0 Å². The predicted molar refractivity (Wildman–Crippen MR) is 118 cm³/mol. The normalized spacial score (nSPS) is 19.5. The van der Waals surface area contributed by atoms with Gasteiger partial charge in [-0.3, -0.25) is 14.6 Å². The van der Waals surface area contributed by atoms with Crippen LogP contribution in [-0.4, -0.2) is 40.1 Å². The monoisotopic (exact) mass is 415 g/mol. The van der Waals surface area contributed by atoms with E-state index < -0.39 is 0 Å². The van der Waals surface area contributed by atoms with Crippen molar-refractivity contribution in [2.24, 2.45) is 5.92 Å². The molecule has 0 unspecified atom stereocenters. The van der Waals surface area contributed by atoms with Gasteiger partial charge < -0.3 is 14.8 Å². The second-order valence-corrected chi connectivity index (χ2v) is 8.34. The fourth-order valence-corrected chi connectivity index (χ4v) is 4.81. The third-order valence-corrected chi connectivity index (χ3v) is 6.27. The number of hydrogen-bond acceptors (Lipinski definition) is 5. The second-order valence-electron chi connectivity index (χ2n) is 8.34. The fourth-order valence-electron chi connectivity index (χ4n) is 4.81. The van der Waals surface area contributed by atoms with E-state index in [1.165, 1.54) is 0 Å². The van der Waals surface area contributed by atoms with E-state index in [4.69, 9.17) is 0 Å². The Morgan fingerprint density at radius 2 is 1.90 bits per heavy atom. The molecule has 0 saturated carbocycles. The summed E-state index contributed by atoms with van der Waals surface area (Å²) in [4.78, 5) is 36.6. The number of carbonyl (C=O) groups excluding carboxylic acids is 1. The zero-order chi connectivity index (χ0) is 21.2. The van der Waals surface area contributed by atoms with Crippen molar-refractivity contribution in [1.29, 1.82) is 0 Å². The molecule has 3 aromatic heterocycles. The number of rotatable bonds is 5. The molecule has 2 aliphatic rings. The van der Waals surface area contributed by atoms with E-state index in [1.807, 2.05) is 47.2 Å². The fraction of sp³-hybridized carbons (Fsp3) is 0.333. The standard InChI is InChI=1S/C24H25N5O2/c30-23(27-12-8-17-6-10-25-11-7-17)20-4-5-21-19-13-18(15-29(21)24(20)31)14-28(16-19)22-3-1-2-9-26-22/h1-7,9-11,18-19H,8,12-16H2,(H,27,30)/t18-,19+/m0/s1. The van der Waals surface area contributed by atoms with Gasteiger partial charge in [0.15, 0.2) is 0 Å². The van der Waals surface area contributed by atoms with Crippen molar-refractivity contribution in [3.8, 4) is 0 Å². The summed E-state index contributed by atoms with van der Waals surface area (Å²) in [6.45, 7) is 2.84. The number of hydrogen-bond donors (Lipinski definition) is 1. The highest BCUT2D eigenvalue weighted by Gasteiger charge is 2.35. The van der Waals surface area contributed by atoms with Gasteiger partial charge in [-0.2, -0.15) is 0 Å². The van der Waals surface area contributed by atoms with Gasteiger partial charge in [0.25, 0.3) is 11.5 Å². The van der Waals surface area contributed by atoms with Crippen molar-refractivity contribution in [2.75, 3.05) is 24.5 Å². The van der Waals surface area contributed by atoms with Crippen molar-refractivity contribution in [3.05, 3.63) is 88.2 Å². The number of pyridine rings is 3. The molecule has 0 aromatic carbocycles. The highest BCUT2D eigenvalue weighted by atomic mass is 16.2. The largest absolute Gasteiger partial charge is 0.356 e. The van der Waals surface area contributed by atoms with Gasteiger partial charge in [0, 0.05) is 56.4 Å². The van der Waals surface area contributed by atoms with E-state index in [-0.39, 0.29) is 22.9 Å². The second kappa shape index (κ2) is 8.34. The van der Waals surface area contributed by atoms with Gasteiger partial charge in [-0.05, 0) is 60.7 Å². The molecular formula is C24H25N5O2. The molecule has 5 rings (SSSR count). The lowest BCUT2D eigenvalue weighted by Gasteiger charge is -2.43. The molecule has 0 aliphatic carbocycles. The highest BCUT2D eigenvalue weighted by Crippen LogP contribution is 2.36. The van der Waals surface area contributed by atoms with Crippen molar-refractivity contribution in [3.63, 3.8) is 0 Å². The van der Waals surface area contributed by atoms with Crippen LogP contribution in [0.2, 0.25) is 0 Å². The van der Waals surface area contributed by atoms with E-state index in [9.17, 15) is 9.59 Å². The van der Waals surface area contributed by atoms with Crippen molar-refractivity contribution in [2.45, 2.75) is 25.3 Å². The quantitative estimate of drug-likeness (QED) is 0.691. The molecule has 2 bridgehead atoms. The lowest BCUT2D eigenvalue weighted by molar-refractivity contribution is 0.0951. The van der Waals surface area contributed by atoms with Crippen LogP contribution in [0.15, 0.2) is 65.8 Å². The molecule has 0 radical (unpaired) electrons. The predicted octanol–water partition coefficient (Wildman–Crippen LogP) is 2.23. The first-order valence-electron chi connectivity index (χ1n) is 10.8. The third kappa shape index (κ3) is 3.95. The molecule has 2 atom stereocenters. The van der Waals surface area contributed by atoms with Crippen LogP contribution in [0.1, 0.15) is 34.0 Å². The van der Waals surface area contributed by atoms with Crippen molar-refractivity contribution < 1.29 is 4.79 Å². The molecule has 1 saturated heterocycles. The molecule has 2 aliphatic heterocycles. The van der Waals surface area contributed by atoms with E-state index in [0.29, 0.717) is 25.4 Å². The Morgan fingerprint density at radius 3 is 2.71 bits per heavy atom. The van der Waals surface area contributed by atoms with E-state index >= 15 is 0 Å². The van der Waals surface area contributed by atoms with E-state index in [2.05, 4.69) is 20.2 Å². The maximum Gasteiger partial charge on any atom is 0.263 e. The van der Waals surface area contributed by atoms with Crippen LogP contribution in [0.25, 0.3) is 0 Å². The van der Waals surface area contributed by atoms with Gasteiger partial charge in [0.2, 0.25) is 0 Å². The molecular weight excluding hydrogens is 390 g/mol. The molecule has 5 heterocycles. The summed E-state index contributed by atoms with van der Waals surface area (Å²) in [5, 5.41) is 2.88. The number of anilines is 1. The van der Waals surface area contributed by atoms with Crippen molar-refractivity contribution in [1.82, 2.24) is 19.9 Å². The van der Waals surface area contributed by atoms with Gasteiger partial charge in [-0.15, -0.1) is 0 Å². The van der Waals surface area contributed by atoms with Crippen LogP contribution in [0.3, 0.4) is 0 Å². The summed E-state index contributed by atoms with van der Waals surface area (Å²) >= 11 is 0. The van der Waals surface area contributed by atoms with Crippen LogP contribution in [-0.2, 0) is 13.0 Å². The molecule has 0 spiro atoms. The van der Waals surface area contributed by atoms with Crippen LogP contribution >= 0.6 is 0 Å². The minimum absolute atomic E-state index is 0.181. The molecule has 1 N–H and O–H groups in total. The zero-order valence-corrected chi connectivity index (χ0v) is 17.3. The van der Waals surface area contributed by atoms with E-state index in [0.717, 1.165) is 36.6 Å². The first-order valence-corrected chi connectivity index (χ1v) is 10.8. The first-order chi connectivity index (χ1) is 15.2. The number of carbonyl (C=O) groups is 1. The van der Waals surface area contributed by atoms with E-state index in [1.54, 1.807) is 18.5 Å². The maximum absolute atomic E-state index is 13.1. The van der Waals surface area contributed by atoms with Gasteiger partial charge in [-0.25, -0.2) is 4.98 Å². The maximum atomic E-state index is 13.1. The van der Waals surface area contributed by atoms with Crippen molar-refractivity contribution >= 4 is 11.7 Å². The van der Waals surface area contributed by atoms with Crippen LogP contribution in [0.4, 0.5) is 5.82 Å². The van der Waals surface area contributed by atoms with Crippen LogP contribution in [0, 0.1) is 5.92 Å². The first kappa shape index (κ1) is 19.5. The molecule has 31 heavy (non-hydrogen) atoms.